The van der Waals surface area contributed by atoms with Gasteiger partial charge >= 0.3 is 0 Å². The lowest BCUT2D eigenvalue weighted by molar-refractivity contribution is -0.0494. The fraction of sp³-hybridized carbons (Fsp3) is 0.278. The molecule has 0 aromatic carbocycles. The molecule has 1 amide bonds. The molecule has 0 unspecified atom stereocenters. The summed E-state index contributed by atoms with van der Waals surface area (Å²) in [4.78, 5) is 18.2. The third kappa shape index (κ3) is 3.21. The number of hydrogen-bond donors (Lipinski definition) is 0. The Morgan fingerprint density at radius 2 is 1.96 bits per heavy atom. The molecule has 0 saturated carbocycles. The fourth-order valence-electron chi connectivity index (χ4n) is 3.01. The van der Waals surface area contributed by atoms with E-state index in [1.807, 2.05) is 6.07 Å². The Bertz CT molecular complexity index is 1040. The van der Waals surface area contributed by atoms with Crippen molar-refractivity contribution in [2.75, 3.05) is 13.1 Å². The van der Waals surface area contributed by atoms with Crippen LogP contribution in [0.3, 0.4) is 0 Å². The number of pyridine rings is 2. The van der Waals surface area contributed by atoms with Gasteiger partial charge in [0, 0.05) is 44.4 Å². The number of hydrogen-bond acceptors (Lipinski definition) is 5. The molecule has 0 radical (unpaired) electrons. The molecular weight excluding hydrogens is 354 g/mol. The molecule has 3 aromatic rings. The highest BCUT2D eigenvalue weighted by molar-refractivity contribution is 5.94. The molecule has 3 aromatic heterocycles. The zero-order valence-electron chi connectivity index (χ0n) is 14.1. The molecule has 0 aliphatic carbocycles. The standard InChI is InChI=1S/C18H14F2N6O/c19-18(20)4-7-25(8-5-18)17(27)13-1-2-14(22-11-13)16-24-23-15-9-12(10-21)3-6-26(15)16/h1-3,6,9,11H,4-5,7-8H2. The molecule has 9 heteroatoms. The van der Waals surface area contributed by atoms with Gasteiger partial charge < -0.3 is 4.90 Å². The first-order valence-electron chi connectivity index (χ1n) is 8.35. The summed E-state index contributed by atoms with van der Waals surface area (Å²) in [5.41, 5.74) is 1.83. The summed E-state index contributed by atoms with van der Waals surface area (Å²) < 4.78 is 28.2. The monoisotopic (exact) mass is 368 g/mol. The quantitative estimate of drug-likeness (QED) is 0.694. The van der Waals surface area contributed by atoms with Crippen molar-refractivity contribution in [1.82, 2.24) is 24.5 Å². The highest BCUT2D eigenvalue weighted by Gasteiger charge is 2.35. The summed E-state index contributed by atoms with van der Waals surface area (Å²) in [6.45, 7) is 0.0628. The fourth-order valence-corrected chi connectivity index (χ4v) is 3.01. The SMILES string of the molecule is N#Cc1ccn2c(-c3ccc(C(=O)N4CCC(F)(F)CC4)cn3)nnc2c1. The number of nitriles is 1. The second-order valence-corrected chi connectivity index (χ2v) is 6.36. The van der Waals surface area contributed by atoms with E-state index in [9.17, 15) is 13.6 Å². The summed E-state index contributed by atoms with van der Waals surface area (Å²) in [6.07, 6.45) is 2.45. The van der Waals surface area contributed by atoms with E-state index in [1.54, 1.807) is 34.9 Å². The third-order valence-corrected chi connectivity index (χ3v) is 4.56. The van der Waals surface area contributed by atoms with E-state index < -0.39 is 5.92 Å². The molecule has 0 atom stereocenters. The normalized spacial score (nSPS) is 16.3. The topological polar surface area (TPSA) is 87.2 Å². The molecule has 27 heavy (non-hydrogen) atoms. The number of alkyl halides is 2. The van der Waals surface area contributed by atoms with Crippen LogP contribution in [0.2, 0.25) is 0 Å². The second kappa shape index (κ2) is 6.39. The van der Waals surface area contributed by atoms with Crippen molar-refractivity contribution in [1.29, 1.82) is 5.26 Å². The first kappa shape index (κ1) is 17.0. The summed E-state index contributed by atoms with van der Waals surface area (Å²) in [5, 5.41) is 17.0. The van der Waals surface area contributed by atoms with E-state index >= 15 is 0 Å². The van der Waals surface area contributed by atoms with Gasteiger partial charge in [0.05, 0.1) is 17.2 Å². The van der Waals surface area contributed by atoms with E-state index in [1.165, 1.54) is 11.1 Å². The number of aromatic nitrogens is 4. The maximum Gasteiger partial charge on any atom is 0.255 e. The van der Waals surface area contributed by atoms with E-state index in [2.05, 4.69) is 15.2 Å². The number of likely N-dealkylation sites (tertiary alicyclic amines) is 1. The van der Waals surface area contributed by atoms with Gasteiger partial charge in [0.25, 0.3) is 11.8 Å². The molecule has 1 saturated heterocycles. The van der Waals surface area contributed by atoms with Crippen LogP contribution in [0, 0.1) is 11.3 Å². The summed E-state index contributed by atoms with van der Waals surface area (Å²) in [6, 6.07) is 8.53. The van der Waals surface area contributed by atoms with Crippen molar-refractivity contribution in [3.63, 3.8) is 0 Å². The molecule has 4 heterocycles. The van der Waals surface area contributed by atoms with E-state index in [4.69, 9.17) is 5.26 Å². The number of carbonyl (C=O) groups is 1. The van der Waals surface area contributed by atoms with Gasteiger partial charge in [-0.2, -0.15) is 5.26 Å². The van der Waals surface area contributed by atoms with Gasteiger partial charge in [-0.05, 0) is 18.2 Å². The first-order valence-corrected chi connectivity index (χ1v) is 8.35. The lowest BCUT2D eigenvalue weighted by Crippen LogP contribution is -2.42. The highest BCUT2D eigenvalue weighted by Crippen LogP contribution is 2.28. The summed E-state index contributed by atoms with van der Waals surface area (Å²) >= 11 is 0. The lowest BCUT2D eigenvalue weighted by Gasteiger charge is -2.31. The Labute approximate surface area is 152 Å². The number of amides is 1. The van der Waals surface area contributed by atoms with Crippen LogP contribution in [-0.4, -0.2) is 49.4 Å². The molecule has 4 rings (SSSR count). The van der Waals surface area contributed by atoms with Crippen molar-refractivity contribution in [3.8, 4) is 17.6 Å². The number of carbonyl (C=O) groups excluding carboxylic acids is 1. The number of rotatable bonds is 2. The minimum Gasteiger partial charge on any atom is -0.338 e. The molecule has 7 nitrogen and oxygen atoms in total. The Balaban J connectivity index is 1.56. The van der Waals surface area contributed by atoms with Crippen LogP contribution >= 0.6 is 0 Å². The predicted molar refractivity (Wildman–Crippen MR) is 91.0 cm³/mol. The van der Waals surface area contributed by atoms with E-state index in [-0.39, 0.29) is 31.8 Å². The Morgan fingerprint density at radius 1 is 1.19 bits per heavy atom. The predicted octanol–water partition coefficient (Wildman–Crippen LogP) is 2.53. The number of halogens is 2. The smallest absolute Gasteiger partial charge is 0.255 e. The zero-order chi connectivity index (χ0) is 19.0. The molecule has 0 spiro atoms. The van der Waals surface area contributed by atoms with Gasteiger partial charge in [-0.15, -0.1) is 10.2 Å². The maximum atomic E-state index is 13.2. The van der Waals surface area contributed by atoms with Gasteiger partial charge in [-0.3, -0.25) is 14.2 Å². The largest absolute Gasteiger partial charge is 0.338 e. The van der Waals surface area contributed by atoms with Crippen LogP contribution in [-0.2, 0) is 0 Å². The van der Waals surface area contributed by atoms with Crippen molar-refractivity contribution < 1.29 is 13.6 Å². The van der Waals surface area contributed by atoms with E-state index in [0.29, 0.717) is 28.3 Å². The van der Waals surface area contributed by atoms with Gasteiger partial charge in [-0.25, -0.2) is 8.78 Å². The first-order chi connectivity index (χ1) is 13.0. The number of nitrogens with zero attached hydrogens (tertiary/aromatic N) is 6. The van der Waals surface area contributed by atoms with Crippen molar-refractivity contribution in [2.45, 2.75) is 18.8 Å². The van der Waals surface area contributed by atoms with Crippen LogP contribution in [0.25, 0.3) is 17.2 Å². The van der Waals surface area contributed by atoms with E-state index in [0.717, 1.165) is 0 Å². The molecule has 1 aliphatic rings. The van der Waals surface area contributed by atoms with Gasteiger partial charge in [-0.1, -0.05) is 0 Å². The van der Waals surface area contributed by atoms with Gasteiger partial charge in [0.15, 0.2) is 11.5 Å². The van der Waals surface area contributed by atoms with Crippen LogP contribution in [0.15, 0.2) is 36.7 Å². The lowest BCUT2D eigenvalue weighted by atomic mass is 10.1. The Morgan fingerprint density at radius 3 is 2.63 bits per heavy atom. The van der Waals surface area contributed by atoms with Crippen molar-refractivity contribution >= 4 is 11.6 Å². The minimum absolute atomic E-state index is 0.0314. The minimum atomic E-state index is -2.70. The van der Waals surface area contributed by atoms with Gasteiger partial charge in [0.1, 0.15) is 5.69 Å². The Kier molecular flexibility index (Phi) is 4.03. The van der Waals surface area contributed by atoms with Crippen LogP contribution < -0.4 is 0 Å². The molecular formula is C18H14F2N6O. The average molecular weight is 368 g/mol. The van der Waals surface area contributed by atoms with Gasteiger partial charge in [0.2, 0.25) is 0 Å². The summed E-state index contributed by atoms with van der Waals surface area (Å²) in [5.74, 6) is -2.53. The van der Waals surface area contributed by atoms with Crippen LogP contribution in [0.4, 0.5) is 8.78 Å². The highest BCUT2D eigenvalue weighted by atomic mass is 19.3. The molecule has 1 fully saturated rings. The summed E-state index contributed by atoms with van der Waals surface area (Å²) in [7, 11) is 0. The average Bonchev–Trinajstić information content (AvgIpc) is 3.10. The number of fused-ring (bicyclic) bond motifs is 1. The van der Waals surface area contributed by atoms with Crippen LogP contribution in [0.5, 0.6) is 0 Å². The second-order valence-electron chi connectivity index (χ2n) is 6.36. The zero-order valence-corrected chi connectivity index (χ0v) is 14.1. The van der Waals surface area contributed by atoms with Crippen molar-refractivity contribution in [2.24, 2.45) is 0 Å². The third-order valence-electron chi connectivity index (χ3n) is 4.56. The Hall–Kier alpha value is -3.41. The molecule has 1 aliphatic heterocycles. The molecule has 0 bridgehead atoms. The molecule has 136 valence electrons. The molecule has 0 N–H and O–H groups in total. The van der Waals surface area contributed by atoms with Crippen molar-refractivity contribution in [3.05, 3.63) is 47.8 Å². The maximum absolute atomic E-state index is 13.2. The number of piperidine rings is 1. The van der Waals surface area contributed by atoms with Crippen LogP contribution in [0.1, 0.15) is 28.8 Å².